The van der Waals surface area contributed by atoms with Gasteiger partial charge in [0.1, 0.15) is 6.54 Å². The summed E-state index contributed by atoms with van der Waals surface area (Å²) in [7, 11) is 0. The van der Waals surface area contributed by atoms with Crippen molar-refractivity contribution in [3.8, 4) is 12.3 Å². The summed E-state index contributed by atoms with van der Waals surface area (Å²) in [6, 6.07) is 0. The molecule has 1 amide bonds. The number of hydrogen-bond donors (Lipinski definition) is 1. The number of nitrogens with zero attached hydrogens (tertiary/aromatic N) is 1. The lowest BCUT2D eigenvalue weighted by Gasteiger charge is -2.31. The topological polar surface area (TPSA) is 57.6 Å². The molecular weight excluding hydrogens is 275 g/mol. The van der Waals surface area contributed by atoms with E-state index in [1.807, 2.05) is 0 Å². The lowest BCUT2D eigenvalue weighted by molar-refractivity contribution is -0.185. The maximum atomic E-state index is 12.5. The van der Waals surface area contributed by atoms with Crippen molar-refractivity contribution in [1.82, 2.24) is 4.90 Å². The van der Waals surface area contributed by atoms with Crippen LogP contribution >= 0.6 is 0 Å². The fraction of sp³-hybridized carbons (Fsp3) is 0.692. The first-order valence-corrected chi connectivity index (χ1v) is 6.26. The van der Waals surface area contributed by atoms with E-state index < -0.39 is 36.4 Å². The Kier molecular flexibility index (Phi) is 5.43. The minimum absolute atomic E-state index is 0.100. The quantitative estimate of drug-likeness (QED) is 0.805. The van der Waals surface area contributed by atoms with E-state index in [2.05, 4.69) is 5.92 Å². The normalized spacial score (nSPS) is 22.9. The molecule has 1 aliphatic rings. The summed E-state index contributed by atoms with van der Waals surface area (Å²) in [6.07, 6.45) is 0.866. The number of hydrogen-bond acceptors (Lipinski definition) is 2. The van der Waals surface area contributed by atoms with Gasteiger partial charge in [0, 0.05) is 5.92 Å². The van der Waals surface area contributed by atoms with Crippen LogP contribution in [0.2, 0.25) is 0 Å². The predicted octanol–water partition coefficient (Wildman–Crippen LogP) is 1.90. The van der Waals surface area contributed by atoms with Gasteiger partial charge in [0.25, 0.3) is 0 Å². The predicted molar refractivity (Wildman–Crippen MR) is 64.6 cm³/mol. The number of carbonyl (C=O) groups is 2. The van der Waals surface area contributed by atoms with Gasteiger partial charge in [-0.15, -0.1) is 6.42 Å². The molecule has 0 heterocycles. The Balaban J connectivity index is 2.60. The van der Waals surface area contributed by atoms with Crippen LogP contribution in [0.15, 0.2) is 0 Å². The molecule has 0 radical (unpaired) electrons. The number of rotatable bonds is 4. The second kappa shape index (κ2) is 6.64. The fourth-order valence-electron chi connectivity index (χ4n) is 2.41. The SMILES string of the molecule is C#CCN(CC(=O)O)C(=O)C1CCC(C(F)(F)F)CC1. The molecule has 1 aliphatic carbocycles. The minimum atomic E-state index is -4.23. The summed E-state index contributed by atoms with van der Waals surface area (Å²) in [4.78, 5) is 23.7. The van der Waals surface area contributed by atoms with Crippen LogP contribution in [0.5, 0.6) is 0 Å². The zero-order chi connectivity index (χ0) is 15.3. The summed E-state index contributed by atoms with van der Waals surface area (Å²) < 4.78 is 37.6. The molecule has 0 aromatic rings. The molecule has 4 nitrogen and oxygen atoms in total. The highest BCUT2D eigenvalue weighted by atomic mass is 19.4. The van der Waals surface area contributed by atoms with Crippen LogP contribution in [0.1, 0.15) is 25.7 Å². The van der Waals surface area contributed by atoms with Gasteiger partial charge in [-0.25, -0.2) is 0 Å². The summed E-state index contributed by atoms with van der Waals surface area (Å²) >= 11 is 0. The highest BCUT2D eigenvalue weighted by Crippen LogP contribution is 2.39. The van der Waals surface area contributed by atoms with Crippen molar-refractivity contribution in [3.05, 3.63) is 0 Å². The van der Waals surface area contributed by atoms with Gasteiger partial charge < -0.3 is 10.0 Å². The van der Waals surface area contributed by atoms with E-state index in [0.29, 0.717) is 0 Å². The third-order valence-corrected chi connectivity index (χ3v) is 3.46. The van der Waals surface area contributed by atoms with Gasteiger partial charge in [-0.1, -0.05) is 5.92 Å². The van der Waals surface area contributed by atoms with Crippen molar-refractivity contribution in [1.29, 1.82) is 0 Å². The Morgan fingerprint density at radius 3 is 2.20 bits per heavy atom. The molecule has 1 N–H and O–H groups in total. The number of carboxylic acid groups (broad SMARTS) is 1. The monoisotopic (exact) mass is 291 g/mol. The maximum Gasteiger partial charge on any atom is 0.391 e. The molecule has 0 aliphatic heterocycles. The van der Waals surface area contributed by atoms with Gasteiger partial charge in [-0.05, 0) is 25.7 Å². The van der Waals surface area contributed by atoms with Gasteiger partial charge in [0.05, 0.1) is 12.5 Å². The van der Waals surface area contributed by atoms with Crippen LogP contribution in [0.25, 0.3) is 0 Å². The first-order valence-electron chi connectivity index (χ1n) is 6.26. The Bertz CT molecular complexity index is 406. The van der Waals surface area contributed by atoms with E-state index in [0.717, 1.165) is 4.90 Å². The summed E-state index contributed by atoms with van der Waals surface area (Å²) in [5.74, 6) is -1.41. The number of carbonyl (C=O) groups excluding carboxylic acids is 1. The van der Waals surface area contributed by atoms with Gasteiger partial charge in [0.2, 0.25) is 5.91 Å². The Morgan fingerprint density at radius 2 is 1.80 bits per heavy atom. The van der Waals surface area contributed by atoms with Crippen LogP contribution in [-0.4, -0.2) is 41.1 Å². The van der Waals surface area contributed by atoms with Crippen molar-refractivity contribution >= 4 is 11.9 Å². The molecule has 1 saturated carbocycles. The molecule has 1 fully saturated rings. The minimum Gasteiger partial charge on any atom is -0.480 e. The van der Waals surface area contributed by atoms with Crippen molar-refractivity contribution in [2.75, 3.05) is 13.1 Å². The zero-order valence-electron chi connectivity index (χ0n) is 10.8. The van der Waals surface area contributed by atoms with Crippen LogP contribution < -0.4 is 0 Å². The van der Waals surface area contributed by atoms with E-state index in [9.17, 15) is 22.8 Å². The van der Waals surface area contributed by atoms with Crippen molar-refractivity contribution in [2.24, 2.45) is 11.8 Å². The Labute approximate surface area is 114 Å². The molecule has 112 valence electrons. The van der Waals surface area contributed by atoms with E-state index in [1.54, 1.807) is 0 Å². The lowest BCUT2D eigenvalue weighted by atomic mass is 9.81. The number of aliphatic carboxylic acids is 1. The average molecular weight is 291 g/mol. The van der Waals surface area contributed by atoms with E-state index in [-0.39, 0.29) is 32.2 Å². The number of terminal acetylenes is 1. The van der Waals surface area contributed by atoms with Gasteiger partial charge in [0.15, 0.2) is 0 Å². The molecule has 0 atom stereocenters. The molecule has 0 spiro atoms. The standard InChI is InChI=1S/C13H16F3NO3/c1-2-7-17(8-11(18)19)12(20)9-3-5-10(6-4-9)13(14,15)16/h1,9-10H,3-8H2,(H,18,19). The molecule has 20 heavy (non-hydrogen) atoms. The average Bonchev–Trinajstić information content (AvgIpc) is 2.36. The number of carboxylic acids is 1. The van der Waals surface area contributed by atoms with Crippen LogP contribution in [0, 0.1) is 24.2 Å². The molecule has 7 heteroatoms. The Morgan fingerprint density at radius 1 is 1.25 bits per heavy atom. The molecule has 0 bridgehead atoms. The van der Waals surface area contributed by atoms with Crippen LogP contribution in [0.3, 0.4) is 0 Å². The van der Waals surface area contributed by atoms with Gasteiger partial charge >= 0.3 is 12.1 Å². The van der Waals surface area contributed by atoms with E-state index in [4.69, 9.17) is 11.5 Å². The highest BCUT2D eigenvalue weighted by Gasteiger charge is 2.43. The first kappa shape index (κ1) is 16.3. The second-order valence-electron chi connectivity index (χ2n) is 4.88. The highest BCUT2D eigenvalue weighted by molar-refractivity contribution is 5.83. The summed E-state index contributed by atoms with van der Waals surface area (Å²) in [5, 5.41) is 8.70. The summed E-state index contributed by atoms with van der Waals surface area (Å²) in [6.45, 7) is -0.674. The molecule has 0 aromatic heterocycles. The molecule has 0 saturated heterocycles. The van der Waals surface area contributed by atoms with Crippen molar-refractivity contribution < 1.29 is 27.9 Å². The number of halogens is 3. The number of amides is 1. The Hall–Kier alpha value is -1.71. The van der Waals surface area contributed by atoms with Crippen molar-refractivity contribution in [2.45, 2.75) is 31.9 Å². The lowest BCUT2D eigenvalue weighted by Crippen LogP contribution is -2.41. The third kappa shape index (κ3) is 4.44. The van der Waals surface area contributed by atoms with Crippen molar-refractivity contribution in [3.63, 3.8) is 0 Å². The first-order chi connectivity index (χ1) is 9.25. The summed E-state index contributed by atoms with van der Waals surface area (Å²) in [5.41, 5.74) is 0. The second-order valence-corrected chi connectivity index (χ2v) is 4.88. The molecule has 0 aromatic carbocycles. The fourth-order valence-corrected chi connectivity index (χ4v) is 2.41. The smallest absolute Gasteiger partial charge is 0.391 e. The number of alkyl halides is 3. The largest absolute Gasteiger partial charge is 0.480 e. The van der Waals surface area contributed by atoms with E-state index >= 15 is 0 Å². The van der Waals surface area contributed by atoms with Crippen LogP contribution in [0.4, 0.5) is 13.2 Å². The van der Waals surface area contributed by atoms with Crippen LogP contribution in [-0.2, 0) is 9.59 Å². The zero-order valence-corrected chi connectivity index (χ0v) is 10.8. The maximum absolute atomic E-state index is 12.5. The molecule has 1 rings (SSSR count). The van der Waals surface area contributed by atoms with Gasteiger partial charge in [-0.2, -0.15) is 13.2 Å². The molecule has 0 unspecified atom stereocenters. The third-order valence-electron chi connectivity index (χ3n) is 3.46. The molecular formula is C13H16F3NO3. The van der Waals surface area contributed by atoms with Gasteiger partial charge in [-0.3, -0.25) is 9.59 Å². The van der Waals surface area contributed by atoms with E-state index in [1.165, 1.54) is 0 Å².